The highest BCUT2D eigenvalue weighted by Crippen LogP contribution is 2.23. The number of aryl methyl sites for hydroxylation is 1. The molecule has 0 aliphatic carbocycles. The molecule has 0 saturated carbocycles. The Hall–Kier alpha value is -0.960. The first-order valence-electron chi connectivity index (χ1n) is 8.75. The Kier molecular flexibility index (Phi) is 10.1. The number of carboxylic acids is 1. The number of aromatic nitrogens is 1. The predicted octanol–water partition coefficient (Wildman–Crippen LogP) is 6.22. The van der Waals surface area contributed by atoms with Crippen molar-refractivity contribution in [3.8, 4) is 0 Å². The van der Waals surface area contributed by atoms with Crippen LogP contribution in [-0.2, 0) is 6.42 Å². The molecule has 1 aromatic heterocycles. The van der Waals surface area contributed by atoms with Crippen molar-refractivity contribution >= 4 is 17.6 Å². The minimum atomic E-state index is -0.991. The van der Waals surface area contributed by atoms with Crippen LogP contribution in [0.4, 0.5) is 0 Å². The zero-order valence-electron chi connectivity index (χ0n) is 13.8. The van der Waals surface area contributed by atoms with Crippen molar-refractivity contribution in [2.24, 2.45) is 0 Å². The van der Waals surface area contributed by atoms with Gasteiger partial charge in [0.15, 0.2) is 0 Å². The van der Waals surface area contributed by atoms with Gasteiger partial charge in [0.1, 0.15) is 5.69 Å². The van der Waals surface area contributed by atoms with Gasteiger partial charge >= 0.3 is 5.97 Å². The van der Waals surface area contributed by atoms with Gasteiger partial charge in [0.05, 0.1) is 5.02 Å². The van der Waals surface area contributed by atoms with Crippen molar-refractivity contribution in [1.29, 1.82) is 0 Å². The molecule has 0 atom stereocenters. The lowest BCUT2D eigenvalue weighted by Gasteiger charge is -2.02. The van der Waals surface area contributed by atoms with E-state index in [0.29, 0.717) is 5.02 Å². The van der Waals surface area contributed by atoms with E-state index >= 15 is 0 Å². The summed E-state index contributed by atoms with van der Waals surface area (Å²) in [5.41, 5.74) is 1.04. The van der Waals surface area contributed by atoms with Gasteiger partial charge in [-0.1, -0.05) is 82.7 Å². The van der Waals surface area contributed by atoms with Gasteiger partial charge in [-0.15, -0.1) is 0 Å². The molecule has 1 aromatic rings. The van der Waals surface area contributed by atoms with Gasteiger partial charge in [-0.25, -0.2) is 4.79 Å². The molecule has 0 amide bonds. The number of rotatable bonds is 13. The van der Waals surface area contributed by atoms with Gasteiger partial charge in [-0.3, -0.25) is 0 Å². The van der Waals surface area contributed by atoms with E-state index in [4.69, 9.17) is 16.7 Å². The summed E-state index contributed by atoms with van der Waals surface area (Å²) in [5, 5.41) is 9.30. The van der Waals surface area contributed by atoms with Crippen molar-refractivity contribution in [3.05, 3.63) is 22.5 Å². The normalized spacial score (nSPS) is 11.0. The minimum Gasteiger partial charge on any atom is -0.477 e. The lowest BCUT2D eigenvalue weighted by Crippen LogP contribution is -1.96. The average molecular weight is 328 g/mol. The Morgan fingerprint density at radius 1 is 1.00 bits per heavy atom. The number of aromatic carboxylic acids is 1. The van der Waals surface area contributed by atoms with E-state index in [2.05, 4.69) is 11.9 Å². The van der Waals surface area contributed by atoms with Gasteiger partial charge in [0.2, 0.25) is 0 Å². The maximum Gasteiger partial charge on any atom is 0.353 e. The largest absolute Gasteiger partial charge is 0.477 e. The van der Waals surface area contributed by atoms with Crippen LogP contribution in [0.15, 0.2) is 6.20 Å². The fourth-order valence-electron chi connectivity index (χ4n) is 2.76. The summed E-state index contributed by atoms with van der Waals surface area (Å²) in [7, 11) is 0. The topological polar surface area (TPSA) is 53.1 Å². The van der Waals surface area contributed by atoms with Crippen LogP contribution in [0.1, 0.15) is 93.6 Å². The summed E-state index contributed by atoms with van der Waals surface area (Å²) in [4.78, 5) is 13.6. The smallest absolute Gasteiger partial charge is 0.353 e. The second-order valence-corrected chi connectivity index (χ2v) is 6.47. The summed E-state index contributed by atoms with van der Waals surface area (Å²) in [6, 6.07) is 0. The van der Waals surface area contributed by atoms with Crippen molar-refractivity contribution < 1.29 is 9.90 Å². The van der Waals surface area contributed by atoms with Gasteiger partial charge in [-0.2, -0.15) is 0 Å². The third kappa shape index (κ3) is 7.35. The van der Waals surface area contributed by atoms with E-state index in [1.165, 1.54) is 64.2 Å². The van der Waals surface area contributed by atoms with Gasteiger partial charge in [-0.05, 0) is 18.4 Å². The van der Waals surface area contributed by atoms with Crippen LogP contribution in [0.25, 0.3) is 0 Å². The number of unbranched alkanes of at least 4 members (excludes halogenated alkanes) is 10. The number of hydrogen-bond acceptors (Lipinski definition) is 1. The number of hydrogen-bond donors (Lipinski definition) is 2. The number of H-pyrrole nitrogens is 1. The van der Waals surface area contributed by atoms with Crippen LogP contribution in [0.5, 0.6) is 0 Å². The molecule has 126 valence electrons. The zero-order chi connectivity index (χ0) is 16.2. The highest BCUT2D eigenvalue weighted by molar-refractivity contribution is 6.34. The molecule has 0 aromatic carbocycles. The molecule has 2 N–H and O–H groups in total. The molecule has 0 aliphatic rings. The standard InChI is InChI=1S/C18H30ClNO2/c1-2-3-4-5-6-7-8-9-10-11-12-13-15-14-20-17(16(15)19)18(21)22/h14,20H,2-13H2,1H3,(H,21,22). The Balaban J connectivity index is 1.99. The lowest BCUT2D eigenvalue weighted by molar-refractivity contribution is 0.0691. The first-order chi connectivity index (χ1) is 10.7. The maximum absolute atomic E-state index is 10.9. The van der Waals surface area contributed by atoms with Crippen LogP contribution in [0.3, 0.4) is 0 Å². The third-order valence-corrected chi connectivity index (χ3v) is 4.59. The second kappa shape index (κ2) is 11.6. The Labute approximate surface area is 139 Å². The highest BCUT2D eigenvalue weighted by Gasteiger charge is 2.14. The Morgan fingerprint density at radius 3 is 1.95 bits per heavy atom. The molecule has 1 heterocycles. The number of carboxylic acid groups (broad SMARTS) is 1. The van der Waals surface area contributed by atoms with Gasteiger partial charge in [0.25, 0.3) is 0 Å². The van der Waals surface area contributed by atoms with Gasteiger partial charge in [0, 0.05) is 6.20 Å². The van der Waals surface area contributed by atoms with Crippen molar-refractivity contribution in [2.45, 2.75) is 84.0 Å². The fraction of sp³-hybridized carbons (Fsp3) is 0.722. The first-order valence-corrected chi connectivity index (χ1v) is 9.13. The van der Waals surface area contributed by atoms with E-state index in [0.717, 1.165) is 18.4 Å². The van der Waals surface area contributed by atoms with E-state index in [9.17, 15) is 4.79 Å². The average Bonchev–Trinajstić information content (AvgIpc) is 2.86. The molecule has 3 nitrogen and oxygen atoms in total. The molecule has 22 heavy (non-hydrogen) atoms. The van der Waals surface area contributed by atoms with Gasteiger partial charge < -0.3 is 10.1 Å². The number of halogens is 1. The van der Waals surface area contributed by atoms with Crippen LogP contribution in [0, 0.1) is 0 Å². The number of aromatic amines is 1. The molecule has 0 spiro atoms. The summed E-state index contributed by atoms with van der Waals surface area (Å²) >= 11 is 6.04. The van der Waals surface area contributed by atoms with E-state index in [-0.39, 0.29) is 5.69 Å². The van der Waals surface area contributed by atoms with Crippen LogP contribution < -0.4 is 0 Å². The monoisotopic (exact) mass is 327 g/mol. The lowest BCUT2D eigenvalue weighted by atomic mass is 10.0. The predicted molar refractivity (Wildman–Crippen MR) is 92.9 cm³/mol. The van der Waals surface area contributed by atoms with Crippen LogP contribution >= 0.6 is 11.6 Å². The molecule has 0 bridgehead atoms. The van der Waals surface area contributed by atoms with E-state index < -0.39 is 5.97 Å². The molecule has 0 aliphatic heterocycles. The van der Waals surface area contributed by atoms with Crippen molar-refractivity contribution in [2.75, 3.05) is 0 Å². The summed E-state index contributed by atoms with van der Waals surface area (Å²) in [6.45, 7) is 2.25. The SMILES string of the molecule is CCCCCCCCCCCCCc1c[nH]c(C(=O)O)c1Cl. The minimum absolute atomic E-state index is 0.111. The molecule has 4 heteroatoms. The molecular weight excluding hydrogens is 298 g/mol. The second-order valence-electron chi connectivity index (χ2n) is 6.09. The first kappa shape index (κ1) is 19.1. The summed E-state index contributed by atoms with van der Waals surface area (Å²) in [5.74, 6) is -0.991. The van der Waals surface area contributed by atoms with Crippen LogP contribution in [-0.4, -0.2) is 16.1 Å². The Morgan fingerprint density at radius 2 is 1.50 bits per heavy atom. The summed E-state index contributed by atoms with van der Waals surface area (Å²) < 4.78 is 0. The van der Waals surface area contributed by atoms with E-state index in [1.807, 2.05) is 0 Å². The number of carbonyl (C=O) groups is 1. The molecule has 1 rings (SSSR count). The molecular formula is C18H30ClNO2. The maximum atomic E-state index is 10.9. The van der Waals surface area contributed by atoms with Crippen molar-refractivity contribution in [1.82, 2.24) is 4.98 Å². The highest BCUT2D eigenvalue weighted by atomic mass is 35.5. The molecule has 0 unspecified atom stereocenters. The van der Waals surface area contributed by atoms with Crippen LogP contribution in [0.2, 0.25) is 5.02 Å². The van der Waals surface area contributed by atoms with Crippen molar-refractivity contribution in [3.63, 3.8) is 0 Å². The molecule has 0 saturated heterocycles. The zero-order valence-corrected chi connectivity index (χ0v) is 14.6. The Bertz CT molecular complexity index is 429. The fourth-order valence-corrected chi connectivity index (χ4v) is 3.05. The quantitative estimate of drug-likeness (QED) is 0.422. The molecule has 0 fully saturated rings. The molecule has 0 radical (unpaired) electrons. The van der Waals surface area contributed by atoms with E-state index in [1.54, 1.807) is 6.20 Å². The third-order valence-electron chi connectivity index (χ3n) is 4.16. The number of nitrogens with one attached hydrogen (secondary N) is 1. The summed E-state index contributed by atoms with van der Waals surface area (Å²) in [6.07, 6.45) is 17.0.